The predicted octanol–water partition coefficient (Wildman–Crippen LogP) is 4.39. The third-order valence-corrected chi connectivity index (χ3v) is 7.87. The van der Waals surface area contributed by atoms with Gasteiger partial charge in [0.2, 0.25) is 0 Å². The Kier molecular flexibility index (Phi) is 7.99. The second-order valence-corrected chi connectivity index (χ2v) is 10.2. The SMILES string of the molecule is COc1ccc(-c2ccc(N(C(C(=O)O)C3CCN(Cc4cccs4)CC3)S(=O)[O-])cc2)cc1. The molecule has 9 heteroatoms. The number of benzene rings is 2. The Morgan fingerprint density at radius 2 is 1.76 bits per heavy atom. The number of methoxy groups -OCH3 is 1. The van der Waals surface area contributed by atoms with Crippen molar-refractivity contribution in [3.63, 3.8) is 0 Å². The fourth-order valence-electron chi connectivity index (χ4n) is 4.47. The molecule has 1 aromatic heterocycles. The molecule has 1 fully saturated rings. The first-order valence-corrected chi connectivity index (χ1v) is 13.0. The first-order chi connectivity index (χ1) is 16.5. The first-order valence-electron chi connectivity index (χ1n) is 11.1. The summed E-state index contributed by atoms with van der Waals surface area (Å²) in [4.78, 5) is 15.8. The molecular weight excluding hydrogens is 472 g/mol. The van der Waals surface area contributed by atoms with Gasteiger partial charge >= 0.3 is 5.97 Å². The van der Waals surface area contributed by atoms with E-state index in [1.807, 2.05) is 35.7 Å². The van der Waals surface area contributed by atoms with Crippen molar-refractivity contribution < 1.29 is 23.4 Å². The molecule has 1 aliphatic heterocycles. The van der Waals surface area contributed by atoms with Gasteiger partial charge in [-0.2, -0.15) is 0 Å². The zero-order valence-electron chi connectivity index (χ0n) is 18.8. The number of ether oxygens (including phenoxy) is 1. The minimum Gasteiger partial charge on any atom is -0.755 e. The van der Waals surface area contributed by atoms with Gasteiger partial charge in [0.05, 0.1) is 7.11 Å². The van der Waals surface area contributed by atoms with Crippen molar-refractivity contribution in [3.8, 4) is 16.9 Å². The van der Waals surface area contributed by atoms with Crippen LogP contribution in [-0.4, -0.2) is 51.0 Å². The number of rotatable bonds is 9. The van der Waals surface area contributed by atoms with Gasteiger partial charge < -0.3 is 14.4 Å². The molecule has 0 radical (unpaired) electrons. The van der Waals surface area contributed by atoms with Crippen molar-refractivity contribution in [2.75, 3.05) is 24.5 Å². The molecule has 1 aliphatic rings. The topological polar surface area (TPSA) is 93.1 Å². The van der Waals surface area contributed by atoms with Gasteiger partial charge in [-0.15, -0.1) is 11.3 Å². The lowest BCUT2D eigenvalue weighted by Crippen LogP contribution is -2.50. The molecule has 180 valence electrons. The molecule has 0 saturated carbocycles. The Morgan fingerprint density at radius 3 is 2.26 bits per heavy atom. The van der Waals surface area contributed by atoms with Crippen LogP contribution < -0.4 is 9.04 Å². The smallest absolute Gasteiger partial charge is 0.327 e. The van der Waals surface area contributed by atoms with E-state index in [1.165, 1.54) is 4.88 Å². The lowest BCUT2D eigenvalue weighted by molar-refractivity contribution is -0.140. The number of aliphatic carboxylic acids is 1. The normalized spacial score (nSPS) is 16.6. The summed E-state index contributed by atoms with van der Waals surface area (Å²) in [7, 11) is 1.61. The molecule has 4 rings (SSSR count). The number of carboxylic acid groups (broad SMARTS) is 1. The highest BCUT2D eigenvalue weighted by molar-refractivity contribution is 7.80. The Labute approximate surface area is 206 Å². The third-order valence-electron chi connectivity index (χ3n) is 6.25. The molecule has 0 spiro atoms. The number of likely N-dealkylation sites (tertiary alicyclic amines) is 1. The quantitative estimate of drug-likeness (QED) is 0.439. The minimum absolute atomic E-state index is 0.267. The van der Waals surface area contributed by atoms with Gasteiger partial charge in [-0.3, -0.25) is 13.4 Å². The summed E-state index contributed by atoms with van der Waals surface area (Å²) in [5, 5.41) is 12.1. The third kappa shape index (κ3) is 5.67. The lowest BCUT2D eigenvalue weighted by atomic mass is 9.89. The van der Waals surface area contributed by atoms with Crippen LogP contribution in [0, 0.1) is 5.92 Å². The predicted molar refractivity (Wildman–Crippen MR) is 134 cm³/mol. The van der Waals surface area contributed by atoms with Gasteiger partial charge in [0.15, 0.2) is 0 Å². The maximum Gasteiger partial charge on any atom is 0.327 e. The fraction of sp³-hybridized carbons (Fsp3) is 0.320. The van der Waals surface area contributed by atoms with E-state index < -0.39 is 23.3 Å². The van der Waals surface area contributed by atoms with E-state index in [0.717, 1.165) is 40.8 Å². The molecule has 7 nitrogen and oxygen atoms in total. The van der Waals surface area contributed by atoms with Crippen LogP contribution >= 0.6 is 11.3 Å². The van der Waals surface area contributed by atoms with Gasteiger partial charge in [0.25, 0.3) is 0 Å². The van der Waals surface area contributed by atoms with Crippen molar-refractivity contribution in [3.05, 3.63) is 70.9 Å². The van der Waals surface area contributed by atoms with Crippen molar-refractivity contribution in [2.45, 2.75) is 25.4 Å². The van der Waals surface area contributed by atoms with Gasteiger partial charge in [-0.25, -0.2) is 4.79 Å². The molecule has 3 aromatic rings. The molecule has 2 heterocycles. The summed E-state index contributed by atoms with van der Waals surface area (Å²) >= 11 is -1.02. The molecule has 2 atom stereocenters. The minimum atomic E-state index is -2.72. The Morgan fingerprint density at radius 1 is 1.15 bits per heavy atom. The second kappa shape index (κ2) is 11.1. The summed E-state index contributed by atoms with van der Waals surface area (Å²) in [5.41, 5.74) is 2.20. The summed E-state index contributed by atoms with van der Waals surface area (Å²) in [6, 6.07) is 17.5. The van der Waals surface area contributed by atoms with Crippen LogP contribution in [0.4, 0.5) is 5.69 Å². The molecule has 0 aliphatic carbocycles. The van der Waals surface area contributed by atoms with E-state index >= 15 is 0 Å². The van der Waals surface area contributed by atoms with Crippen LogP contribution in [-0.2, 0) is 22.6 Å². The molecule has 2 aromatic carbocycles. The number of nitrogens with zero attached hydrogens (tertiary/aromatic N) is 2. The number of hydrogen-bond donors (Lipinski definition) is 1. The zero-order chi connectivity index (χ0) is 24.1. The standard InChI is InChI=1S/C25H28N2O5S2/c1-32-22-10-6-19(7-11-22)18-4-8-21(9-5-18)27(34(30)31)24(25(28)29)20-12-14-26(15-13-20)17-23-3-2-16-33-23/h2-11,16,20,24H,12-15,17H2,1H3,(H,28,29)(H,30,31)/p-1. The number of anilines is 1. The monoisotopic (exact) mass is 499 g/mol. The fourth-order valence-corrected chi connectivity index (χ4v) is 5.95. The number of thiophene rings is 1. The van der Waals surface area contributed by atoms with Crippen LogP contribution in [0.2, 0.25) is 0 Å². The van der Waals surface area contributed by atoms with Crippen LogP contribution in [0.1, 0.15) is 17.7 Å². The Balaban J connectivity index is 1.50. The van der Waals surface area contributed by atoms with Crippen LogP contribution in [0.25, 0.3) is 11.1 Å². The number of carbonyl (C=O) groups is 1. The van der Waals surface area contributed by atoms with Crippen LogP contribution in [0.3, 0.4) is 0 Å². The number of hydrogen-bond acceptors (Lipinski definition) is 6. The first kappa shape index (κ1) is 24.4. The zero-order valence-corrected chi connectivity index (χ0v) is 20.5. The summed E-state index contributed by atoms with van der Waals surface area (Å²) in [5.74, 6) is -0.643. The maximum absolute atomic E-state index is 12.3. The molecular formula is C25H27N2O5S2-. The molecule has 1 N–H and O–H groups in total. The van der Waals surface area contributed by atoms with Crippen LogP contribution in [0.5, 0.6) is 5.75 Å². The van der Waals surface area contributed by atoms with Crippen molar-refractivity contribution in [2.24, 2.45) is 5.92 Å². The summed E-state index contributed by atoms with van der Waals surface area (Å²) < 4.78 is 30.7. The van der Waals surface area contributed by atoms with E-state index in [9.17, 15) is 18.7 Å². The Hall–Kier alpha value is -2.72. The lowest BCUT2D eigenvalue weighted by Gasteiger charge is -2.40. The van der Waals surface area contributed by atoms with E-state index in [0.29, 0.717) is 18.5 Å². The number of carboxylic acids is 1. The van der Waals surface area contributed by atoms with Crippen molar-refractivity contribution >= 4 is 34.3 Å². The van der Waals surface area contributed by atoms with Crippen LogP contribution in [0.15, 0.2) is 66.0 Å². The average Bonchev–Trinajstić information content (AvgIpc) is 3.36. The van der Waals surface area contributed by atoms with Crippen molar-refractivity contribution in [1.29, 1.82) is 0 Å². The van der Waals surface area contributed by atoms with E-state index in [4.69, 9.17) is 4.74 Å². The highest BCUT2D eigenvalue weighted by atomic mass is 32.2. The average molecular weight is 500 g/mol. The molecule has 1 saturated heterocycles. The highest BCUT2D eigenvalue weighted by Gasteiger charge is 2.37. The van der Waals surface area contributed by atoms with E-state index in [2.05, 4.69) is 11.0 Å². The molecule has 34 heavy (non-hydrogen) atoms. The maximum atomic E-state index is 12.3. The largest absolute Gasteiger partial charge is 0.755 e. The Bertz CT molecular complexity index is 1100. The highest BCUT2D eigenvalue weighted by Crippen LogP contribution is 2.32. The van der Waals surface area contributed by atoms with E-state index in [-0.39, 0.29) is 5.92 Å². The molecule has 0 bridgehead atoms. The summed E-state index contributed by atoms with van der Waals surface area (Å²) in [6.07, 6.45) is 1.25. The molecule has 2 unspecified atom stereocenters. The summed E-state index contributed by atoms with van der Waals surface area (Å²) in [6.45, 7) is 2.32. The van der Waals surface area contributed by atoms with E-state index in [1.54, 1.807) is 42.7 Å². The van der Waals surface area contributed by atoms with Gasteiger partial charge in [0.1, 0.15) is 11.8 Å². The molecule has 0 amide bonds. The number of piperidine rings is 1. The van der Waals surface area contributed by atoms with Crippen molar-refractivity contribution in [1.82, 2.24) is 4.90 Å². The van der Waals surface area contributed by atoms with Gasteiger partial charge in [-0.1, -0.05) is 30.3 Å². The second-order valence-electron chi connectivity index (χ2n) is 8.29. The van der Waals surface area contributed by atoms with Gasteiger partial charge in [0, 0.05) is 28.4 Å². The van der Waals surface area contributed by atoms with Gasteiger partial charge in [-0.05, 0) is 78.7 Å².